The Balaban J connectivity index is 1.25. The summed E-state index contributed by atoms with van der Waals surface area (Å²) in [4.78, 5) is 47.0. The van der Waals surface area contributed by atoms with Gasteiger partial charge in [0.2, 0.25) is 0 Å². The Morgan fingerprint density at radius 1 is 1.00 bits per heavy atom. The number of aromatic nitrogens is 3. The maximum atomic E-state index is 15.3. The van der Waals surface area contributed by atoms with Gasteiger partial charge in [0.15, 0.2) is 12.3 Å². The average molecular weight is 693 g/mol. The average Bonchev–Trinajstić information content (AvgIpc) is 3.46. The van der Waals surface area contributed by atoms with E-state index in [1.165, 1.54) is 19.2 Å². The van der Waals surface area contributed by atoms with Crippen LogP contribution in [0.1, 0.15) is 49.8 Å². The van der Waals surface area contributed by atoms with Crippen molar-refractivity contribution in [3.8, 4) is 28.4 Å². The molecular weight excluding hydrogens is 655 g/mol. The standard InChI is InChI=1S/C38H37FN6O6/c1-21-14-22(2)45-36(41-21)35(23(3)43-45)38(48)44-13-12-32-31(19-44)42-37(47)29-16-25(9-11-30(29)39)24-6-5-7-27(15-24)50-20-34(46)40-18-26-8-10-28(51-32)17-33(26)49-4/h5-11,14-17,31-32H,12-13,18-20H2,1-4H3,(H,40,46)(H,42,47)/t31-,32+/m1/s1. The number of likely N-dealkylation sites (tertiary alicyclic amines) is 1. The number of aryl methyl sites for hydroxylation is 3. The van der Waals surface area contributed by atoms with Crippen molar-refractivity contribution in [2.24, 2.45) is 0 Å². The molecule has 51 heavy (non-hydrogen) atoms. The summed E-state index contributed by atoms with van der Waals surface area (Å²) < 4.78 is 34.8. The van der Waals surface area contributed by atoms with Gasteiger partial charge in [0.05, 0.1) is 24.4 Å². The van der Waals surface area contributed by atoms with Crippen molar-refractivity contribution in [3.05, 3.63) is 106 Å². The third kappa shape index (κ3) is 6.79. The van der Waals surface area contributed by atoms with Crippen molar-refractivity contribution in [2.45, 2.75) is 45.9 Å². The van der Waals surface area contributed by atoms with Crippen LogP contribution in [0.4, 0.5) is 4.39 Å². The Labute approximate surface area is 293 Å². The fraction of sp³-hybridized carbons (Fsp3) is 0.289. The maximum Gasteiger partial charge on any atom is 0.259 e. The van der Waals surface area contributed by atoms with E-state index < -0.39 is 23.9 Å². The minimum absolute atomic E-state index is 0.0821. The molecule has 5 aromatic rings. The van der Waals surface area contributed by atoms with Gasteiger partial charge in [0.25, 0.3) is 17.7 Å². The molecule has 3 amide bonds. The van der Waals surface area contributed by atoms with Crippen LogP contribution in [0.2, 0.25) is 0 Å². The van der Waals surface area contributed by atoms with Crippen molar-refractivity contribution < 1.29 is 33.0 Å². The number of methoxy groups -OCH3 is 1. The van der Waals surface area contributed by atoms with E-state index in [2.05, 4.69) is 20.7 Å². The number of rotatable bonds is 2. The minimum atomic E-state index is -0.732. The minimum Gasteiger partial charge on any atom is -0.496 e. The normalized spacial score (nSPS) is 17.9. The molecule has 0 aliphatic carbocycles. The number of fused-ring (bicyclic) bond motifs is 8. The summed E-state index contributed by atoms with van der Waals surface area (Å²) in [5.74, 6) is -0.585. The van der Waals surface area contributed by atoms with Crippen molar-refractivity contribution in [1.82, 2.24) is 30.1 Å². The van der Waals surface area contributed by atoms with Crippen molar-refractivity contribution in [2.75, 3.05) is 26.8 Å². The van der Waals surface area contributed by atoms with Gasteiger partial charge in [-0.25, -0.2) is 13.9 Å². The Bertz CT molecular complexity index is 2180. The van der Waals surface area contributed by atoms with Gasteiger partial charge in [-0.05, 0) is 74.4 Å². The van der Waals surface area contributed by atoms with Gasteiger partial charge in [0.1, 0.15) is 34.7 Å². The molecule has 2 atom stereocenters. The van der Waals surface area contributed by atoms with E-state index in [9.17, 15) is 14.4 Å². The van der Waals surface area contributed by atoms with Crippen LogP contribution in [-0.2, 0) is 11.3 Å². The zero-order chi connectivity index (χ0) is 35.8. The zero-order valence-corrected chi connectivity index (χ0v) is 28.7. The fourth-order valence-corrected chi connectivity index (χ4v) is 6.63. The molecule has 0 spiro atoms. The van der Waals surface area contributed by atoms with E-state index in [0.29, 0.717) is 58.2 Å². The molecule has 8 rings (SSSR count). The van der Waals surface area contributed by atoms with Gasteiger partial charge in [0, 0.05) is 49.1 Å². The van der Waals surface area contributed by atoms with Crippen LogP contribution in [0.15, 0.2) is 66.7 Å². The largest absolute Gasteiger partial charge is 0.496 e. The fourth-order valence-electron chi connectivity index (χ4n) is 6.63. The smallest absolute Gasteiger partial charge is 0.259 e. The summed E-state index contributed by atoms with van der Waals surface area (Å²) in [5, 5.41) is 10.4. The molecule has 3 aliphatic heterocycles. The van der Waals surface area contributed by atoms with E-state index in [4.69, 9.17) is 14.2 Å². The highest BCUT2D eigenvalue weighted by atomic mass is 19.1. The Kier molecular flexibility index (Phi) is 9.02. The molecule has 1 fully saturated rings. The molecule has 12 nitrogen and oxygen atoms in total. The first-order valence-electron chi connectivity index (χ1n) is 16.6. The van der Waals surface area contributed by atoms with Crippen LogP contribution < -0.4 is 24.8 Å². The summed E-state index contributed by atoms with van der Waals surface area (Å²) in [7, 11) is 1.52. The quantitative estimate of drug-likeness (QED) is 0.275. The van der Waals surface area contributed by atoms with Crippen LogP contribution in [-0.4, -0.2) is 76.2 Å². The number of ether oxygens (including phenoxy) is 3. The Morgan fingerprint density at radius 3 is 2.65 bits per heavy atom. The number of nitrogens with zero attached hydrogens (tertiary/aromatic N) is 4. The highest BCUT2D eigenvalue weighted by molar-refractivity contribution is 6.01. The van der Waals surface area contributed by atoms with Gasteiger partial charge < -0.3 is 29.7 Å². The molecule has 6 bridgehead atoms. The van der Waals surface area contributed by atoms with Gasteiger partial charge >= 0.3 is 0 Å². The van der Waals surface area contributed by atoms with E-state index in [1.807, 2.05) is 19.9 Å². The molecule has 13 heteroatoms. The van der Waals surface area contributed by atoms with E-state index in [0.717, 1.165) is 17.0 Å². The first-order valence-corrected chi connectivity index (χ1v) is 16.6. The second-order valence-electron chi connectivity index (χ2n) is 12.8. The van der Waals surface area contributed by atoms with Gasteiger partial charge in [-0.3, -0.25) is 14.4 Å². The summed E-state index contributed by atoms with van der Waals surface area (Å²) in [6.45, 7) is 5.92. The molecule has 262 valence electrons. The molecule has 2 aromatic heterocycles. The Hall–Kier alpha value is -5.98. The van der Waals surface area contributed by atoms with Crippen molar-refractivity contribution in [3.63, 3.8) is 0 Å². The monoisotopic (exact) mass is 692 g/mol. The third-order valence-corrected chi connectivity index (χ3v) is 9.21. The molecule has 3 aromatic carbocycles. The topological polar surface area (TPSA) is 136 Å². The van der Waals surface area contributed by atoms with Gasteiger partial charge in [-0.15, -0.1) is 0 Å². The zero-order valence-electron chi connectivity index (χ0n) is 28.7. The number of benzene rings is 3. The predicted octanol–water partition coefficient (Wildman–Crippen LogP) is 4.57. The van der Waals surface area contributed by atoms with E-state index in [-0.39, 0.29) is 37.1 Å². The first-order chi connectivity index (χ1) is 24.6. The lowest BCUT2D eigenvalue weighted by atomic mass is 9.98. The molecule has 2 N–H and O–H groups in total. The van der Waals surface area contributed by atoms with Crippen molar-refractivity contribution in [1.29, 1.82) is 0 Å². The van der Waals surface area contributed by atoms with Crippen molar-refractivity contribution >= 4 is 23.4 Å². The molecular formula is C38H37FN6O6. The highest BCUT2D eigenvalue weighted by Crippen LogP contribution is 2.30. The van der Waals surface area contributed by atoms with Crippen LogP contribution in [0.5, 0.6) is 17.2 Å². The lowest BCUT2D eigenvalue weighted by Gasteiger charge is -2.39. The molecule has 0 saturated carbocycles. The highest BCUT2D eigenvalue weighted by Gasteiger charge is 2.37. The van der Waals surface area contributed by atoms with Crippen LogP contribution in [0, 0.1) is 26.6 Å². The Morgan fingerprint density at radius 2 is 1.82 bits per heavy atom. The van der Waals surface area contributed by atoms with Crippen LogP contribution in [0.3, 0.4) is 0 Å². The molecule has 5 heterocycles. The van der Waals surface area contributed by atoms with Gasteiger partial charge in [-0.1, -0.05) is 18.2 Å². The number of amides is 3. The molecule has 0 radical (unpaired) electrons. The third-order valence-electron chi connectivity index (χ3n) is 9.21. The first kappa shape index (κ1) is 33.5. The number of hydrogen-bond acceptors (Lipinski definition) is 8. The number of halogens is 1. The van der Waals surface area contributed by atoms with Crippen LogP contribution in [0.25, 0.3) is 16.8 Å². The number of nitrogens with one attached hydrogen (secondary N) is 2. The number of carbonyl (C=O) groups is 3. The molecule has 0 unspecified atom stereocenters. The second-order valence-corrected chi connectivity index (χ2v) is 12.8. The van der Waals surface area contributed by atoms with E-state index in [1.54, 1.807) is 64.9 Å². The number of hydrogen-bond donors (Lipinski definition) is 2. The lowest BCUT2D eigenvalue weighted by molar-refractivity contribution is -0.123. The van der Waals surface area contributed by atoms with Gasteiger partial charge in [-0.2, -0.15) is 5.10 Å². The van der Waals surface area contributed by atoms with E-state index >= 15 is 4.39 Å². The lowest BCUT2D eigenvalue weighted by Crippen LogP contribution is -2.58. The SMILES string of the molecule is COc1cc2ccc1CNC(=O)COc1cccc(c1)-c1ccc(F)c(c1)C(=O)N[C@@H]1CN(C(=O)c3c(C)nn4c(C)cc(C)nc34)CC[C@@H]1O2. The maximum absolute atomic E-state index is 15.3. The molecule has 3 aliphatic rings. The summed E-state index contributed by atoms with van der Waals surface area (Å²) >= 11 is 0. The van der Waals surface area contributed by atoms with Crippen LogP contribution >= 0.6 is 0 Å². The summed E-state index contributed by atoms with van der Waals surface area (Å²) in [6, 6.07) is 17.7. The summed E-state index contributed by atoms with van der Waals surface area (Å²) in [5.41, 5.74) is 4.79. The molecule has 1 saturated heterocycles. The number of carbonyl (C=O) groups excluding carboxylic acids is 3. The number of piperidine rings is 1. The second kappa shape index (κ2) is 13.7. The predicted molar refractivity (Wildman–Crippen MR) is 186 cm³/mol. The summed E-state index contributed by atoms with van der Waals surface area (Å²) in [6.07, 6.45) is -0.234.